The predicted molar refractivity (Wildman–Crippen MR) is 75.8 cm³/mol. The smallest absolute Gasteiger partial charge is 0.141 e. The van der Waals surface area contributed by atoms with Crippen molar-refractivity contribution in [1.29, 1.82) is 0 Å². The van der Waals surface area contributed by atoms with Crippen molar-refractivity contribution in [2.24, 2.45) is 0 Å². The van der Waals surface area contributed by atoms with Crippen LogP contribution in [0.2, 0.25) is 0 Å². The first-order chi connectivity index (χ1) is 8.63. The fraction of sp³-hybridized carbons (Fsp3) is 0.417. The first-order valence-corrected chi connectivity index (χ1v) is 7.53. The van der Waals surface area contributed by atoms with E-state index in [9.17, 15) is 0 Å². The van der Waals surface area contributed by atoms with Gasteiger partial charge in [0.05, 0.1) is 27.3 Å². The Morgan fingerprint density at radius 1 is 1.39 bits per heavy atom. The minimum Gasteiger partial charge on any atom is -0.383 e. The molecule has 0 bridgehead atoms. The largest absolute Gasteiger partial charge is 0.383 e. The summed E-state index contributed by atoms with van der Waals surface area (Å²) in [5.41, 5.74) is 8.00. The molecule has 0 saturated heterocycles. The quantitative estimate of drug-likeness (QED) is 0.942. The zero-order valence-electron chi connectivity index (χ0n) is 9.98. The van der Waals surface area contributed by atoms with Crippen molar-refractivity contribution >= 4 is 33.1 Å². The minimum absolute atomic E-state index is 0.536. The summed E-state index contributed by atoms with van der Waals surface area (Å²) < 4.78 is 0.864. The van der Waals surface area contributed by atoms with Crippen LogP contribution >= 0.6 is 27.3 Å². The van der Waals surface area contributed by atoms with Crippen LogP contribution in [0.5, 0.6) is 0 Å². The molecule has 1 aliphatic rings. The Morgan fingerprint density at radius 3 is 2.78 bits per heavy atom. The fourth-order valence-electron chi connectivity index (χ4n) is 1.89. The maximum Gasteiger partial charge on any atom is 0.141 e. The second-order valence-corrected chi connectivity index (χ2v) is 6.39. The molecule has 0 unspecified atom stereocenters. The molecule has 0 spiro atoms. The molecule has 0 aliphatic heterocycles. The molecule has 2 aromatic rings. The summed E-state index contributed by atoms with van der Waals surface area (Å²) in [6.45, 7) is 2.00. The molecule has 2 aromatic heterocycles. The fourth-order valence-corrected chi connectivity index (χ4v) is 3.00. The van der Waals surface area contributed by atoms with Crippen LogP contribution in [0.25, 0.3) is 0 Å². The highest BCUT2D eigenvalue weighted by atomic mass is 79.9. The zero-order valence-corrected chi connectivity index (χ0v) is 12.4. The highest BCUT2D eigenvalue weighted by molar-refractivity contribution is 9.10. The first kappa shape index (κ1) is 12.0. The third-order valence-electron chi connectivity index (χ3n) is 2.92. The van der Waals surface area contributed by atoms with Crippen LogP contribution in [0.1, 0.15) is 41.0 Å². The maximum atomic E-state index is 5.93. The molecule has 6 heteroatoms. The lowest BCUT2D eigenvalue weighted by atomic mass is 10.2. The summed E-state index contributed by atoms with van der Waals surface area (Å²) in [4.78, 5) is 13.4. The normalized spacial score (nSPS) is 15.0. The van der Waals surface area contributed by atoms with E-state index in [-0.39, 0.29) is 0 Å². The third-order valence-corrected chi connectivity index (χ3v) is 4.55. The predicted octanol–water partition coefficient (Wildman–Crippen LogP) is 3.05. The SMILES string of the molecule is Cc1nc(Cc2nc(N)c(Br)c(C3CC3)n2)cs1. The molecule has 0 amide bonds. The van der Waals surface area contributed by atoms with Crippen LogP contribution in [-0.2, 0) is 6.42 Å². The van der Waals surface area contributed by atoms with Gasteiger partial charge >= 0.3 is 0 Å². The van der Waals surface area contributed by atoms with Gasteiger partial charge in [-0.15, -0.1) is 11.3 Å². The van der Waals surface area contributed by atoms with Gasteiger partial charge in [-0.25, -0.2) is 15.0 Å². The Morgan fingerprint density at radius 2 is 2.17 bits per heavy atom. The highest BCUT2D eigenvalue weighted by Gasteiger charge is 2.29. The number of aryl methyl sites for hydroxylation is 1. The van der Waals surface area contributed by atoms with Crippen LogP contribution in [-0.4, -0.2) is 15.0 Å². The van der Waals surface area contributed by atoms with E-state index in [0.29, 0.717) is 18.2 Å². The number of thiazole rings is 1. The Balaban J connectivity index is 1.92. The summed E-state index contributed by atoms with van der Waals surface area (Å²) >= 11 is 5.13. The van der Waals surface area contributed by atoms with Gasteiger partial charge in [-0.1, -0.05) is 0 Å². The molecule has 1 aliphatic carbocycles. The van der Waals surface area contributed by atoms with Crippen LogP contribution in [0.4, 0.5) is 5.82 Å². The monoisotopic (exact) mass is 324 g/mol. The van der Waals surface area contributed by atoms with Crippen molar-refractivity contribution in [3.8, 4) is 0 Å². The van der Waals surface area contributed by atoms with Crippen molar-refractivity contribution in [1.82, 2.24) is 15.0 Å². The molecular formula is C12H13BrN4S. The van der Waals surface area contributed by atoms with Crippen molar-refractivity contribution in [3.63, 3.8) is 0 Å². The van der Waals surface area contributed by atoms with E-state index in [1.54, 1.807) is 11.3 Å². The van der Waals surface area contributed by atoms with Crippen molar-refractivity contribution in [3.05, 3.63) is 32.1 Å². The number of nitrogens with two attached hydrogens (primary N) is 1. The van der Waals surface area contributed by atoms with Gasteiger partial charge in [0.2, 0.25) is 0 Å². The van der Waals surface area contributed by atoms with Crippen LogP contribution in [0.15, 0.2) is 9.85 Å². The van der Waals surface area contributed by atoms with E-state index in [1.165, 1.54) is 12.8 Å². The molecule has 0 radical (unpaired) electrons. The van der Waals surface area contributed by atoms with E-state index in [2.05, 4.69) is 30.9 Å². The third kappa shape index (κ3) is 2.40. The molecule has 1 saturated carbocycles. The number of hydrogen-bond acceptors (Lipinski definition) is 5. The van der Waals surface area contributed by atoms with Gasteiger partial charge in [-0.3, -0.25) is 0 Å². The molecule has 94 valence electrons. The van der Waals surface area contributed by atoms with Gasteiger partial charge in [0, 0.05) is 11.3 Å². The molecule has 4 nitrogen and oxygen atoms in total. The van der Waals surface area contributed by atoms with Crippen LogP contribution in [0.3, 0.4) is 0 Å². The second kappa shape index (κ2) is 4.59. The molecule has 3 rings (SSSR count). The first-order valence-electron chi connectivity index (χ1n) is 5.86. The number of halogens is 1. The van der Waals surface area contributed by atoms with E-state index in [1.807, 2.05) is 12.3 Å². The Bertz CT molecular complexity index is 592. The summed E-state index contributed by atoms with van der Waals surface area (Å²) in [6, 6.07) is 0. The Hall–Kier alpha value is -1.01. The van der Waals surface area contributed by atoms with Crippen molar-refractivity contribution in [2.75, 3.05) is 5.73 Å². The Kier molecular flexibility index (Phi) is 3.07. The molecule has 0 aromatic carbocycles. The summed E-state index contributed by atoms with van der Waals surface area (Å²) in [5, 5.41) is 3.12. The standard InChI is InChI=1S/C12H13BrN4S/c1-6-15-8(5-18-6)4-9-16-11(7-2-3-7)10(13)12(14)17-9/h5,7H,2-4H2,1H3,(H2,14,16,17). The van der Waals surface area contributed by atoms with Crippen molar-refractivity contribution in [2.45, 2.75) is 32.1 Å². The van der Waals surface area contributed by atoms with Gasteiger partial charge in [-0.05, 0) is 35.7 Å². The Labute approximate surface area is 118 Å². The maximum absolute atomic E-state index is 5.93. The topological polar surface area (TPSA) is 64.7 Å². The van der Waals surface area contributed by atoms with E-state index < -0.39 is 0 Å². The summed E-state index contributed by atoms with van der Waals surface area (Å²) in [5.74, 6) is 1.86. The lowest BCUT2D eigenvalue weighted by Crippen LogP contribution is -2.05. The van der Waals surface area contributed by atoms with Gasteiger partial charge in [0.1, 0.15) is 11.6 Å². The van der Waals surface area contributed by atoms with Gasteiger partial charge in [0.15, 0.2) is 0 Å². The van der Waals surface area contributed by atoms with Crippen molar-refractivity contribution < 1.29 is 0 Å². The number of aromatic nitrogens is 3. The number of hydrogen-bond donors (Lipinski definition) is 1. The van der Waals surface area contributed by atoms with Gasteiger partial charge < -0.3 is 5.73 Å². The van der Waals surface area contributed by atoms with Gasteiger partial charge in [-0.2, -0.15) is 0 Å². The average molecular weight is 325 g/mol. The lowest BCUT2D eigenvalue weighted by Gasteiger charge is -2.07. The molecule has 0 atom stereocenters. The minimum atomic E-state index is 0.536. The van der Waals surface area contributed by atoms with E-state index in [0.717, 1.165) is 26.7 Å². The molecular weight excluding hydrogens is 312 g/mol. The van der Waals surface area contributed by atoms with E-state index >= 15 is 0 Å². The van der Waals surface area contributed by atoms with Crippen LogP contribution in [0, 0.1) is 6.92 Å². The molecule has 1 fully saturated rings. The number of rotatable bonds is 3. The molecule has 2 heterocycles. The highest BCUT2D eigenvalue weighted by Crippen LogP contribution is 2.43. The number of nitrogen functional groups attached to an aromatic ring is 1. The number of nitrogens with zero attached hydrogens (tertiary/aromatic N) is 3. The zero-order chi connectivity index (χ0) is 12.7. The second-order valence-electron chi connectivity index (χ2n) is 4.53. The molecule has 2 N–H and O–H groups in total. The number of anilines is 1. The summed E-state index contributed by atoms with van der Waals surface area (Å²) in [7, 11) is 0. The van der Waals surface area contributed by atoms with E-state index in [4.69, 9.17) is 5.73 Å². The molecule has 18 heavy (non-hydrogen) atoms. The summed E-state index contributed by atoms with van der Waals surface area (Å²) in [6.07, 6.45) is 3.05. The lowest BCUT2D eigenvalue weighted by molar-refractivity contribution is 0.883. The average Bonchev–Trinajstić information content (AvgIpc) is 3.08. The van der Waals surface area contributed by atoms with Crippen LogP contribution < -0.4 is 5.73 Å². The van der Waals surface area contributed by atoms with Gasteiger partial charge in [0.25, 0.3) is 0 Å².